The van der Waals surface area contributed by atoms with Crippen LogP contribution in [0.5, 0.6) is 0 Å². The lowest BCUT2D eigenvalue weighted by Gasteiger charge is -1.98. The van der Waals surface area contributed by atoms with Crippen molar-refractivity contribution >= 4 is 22.9 Å². The molecule has 0 aliphatic heterocycles. The van der Waals surface area contributed by atoms with E-state index in [9.17, 15) is 8.78 Å². The van der Waals surface area contributed by atoms with Crippen LogP contribution in [0.2, 0.25) is 4.47 Å². The Hall–Kier alpha value is -0.330. The van der Waals surface area contributed by atoms with Gasteiger partial charge in [0.2, 0.25) is 4.47 Å². The first-order chi connectivity index (χ1) is 5.68. The van der Waals surface area contributed by atoms with Crippen LogP contribution in [0.1, 0.15) is 5.01 Å². The zero-order valence-corrected chi connectivity index (χ0v) is 7.41. The van der Waals surface area contributed by atoms with E-state index >= 15 is 0 Å². The highest BCUT2D eigenvalue weighted by atomic mass is 35.5. The molecule has 0 saturated carbocycles. The van der Waals surface area contributed by atoms with Gasteiger partial charge in [-0.3, -0.25) is 0 Å². The second-order valence-corrected chi connectivity index (χ2v) is 3.50. The van der Waals surface area contributed by atoms with Crippen molar-refractivity contribution in [3.63, 3.8) is 0 Å². The number of hydrogen-bond acceptors (Lipinski definition) is 4. The molecule has 0 aliphatic rings. The van der Waals surface area contributed by atoms with Crippen molar-refractivity contribution in [1.29, 1.82) is 0 Å². The van der Waals surface area contributed by atoms with Crippen molar-refractivity contribution in [2.45, 2.75) is 13.0 Å². The largest absolute Gasteiger partial charge is 0.368 e. The number of nitrogens with zero attached hydrogens (tertiary/aromatic N) is 2. The van der Waals surface area contributed by atoms with Gasteiger partial charge in [0.25, 0.3) is 6.43 Å². The molecule has 0 amide bonds. The molecule has 7 heteroatoms. The highest BCUT2D eigenvalue weighted by Gasteiger charge is 2.05. The Bertz CT molecular complexity index is 245. The molecule has 0 aliphatic carbocycles. The summed E-state index contributed by atoms with van der Waals surface area (Å²) in [6.45, 7) is -0.550. The standard InChI is InChI=1S/C5H5ClF2N2OS/c6-5-10-9-4(12-5)2-11-1-3(7)8/h3H,1-2H2. The van der Waals surface area contributed by atoms with Crippen LogP contribution in [0.15, 0.2) is 0 Å². The highest BCUT2D eigenvalue weighted by molar-refractivity contribution is 7.15. The Kier molecular flexibility index (Phi) is 3.77. The molecule has 0 spiro atoms. The molecular formula is C5H5ClF2N2OS. The van der Waals surface area contributed by atoms with Gasteiger partial charge in [0.1, 0.15) is 18.2 Å². The number of halogens is 3. The van der Waals surface area contributed by atoms with E-state index in [1.165, 1.54) is 0 Å². The van der Waals surface area contributed by atoms with Gasteiger partial charge in [-0.15, -0.1) is 10.2 Å². The van der Waals surface area contributed by atoms with E-state index in [1.54, 1.807) is 0 Å². The molecule has 0 atom stereocenters. The molecular weight excluding hydrogens is 210 g/mol. The van der Waals surface area contributed by atoms with Crippen molar-refractivity contribution in [1.82, 2.24) is 10.2 Å². The van der Waals surface area contributed by atoms with Crippen LogP contribution in [0.3, 0.4) is 0 Å². The van der Waals surface area contributed by atoms with E-state index in [4.69, 9.17) is 11.6 Å². The van der Waals surface area contributed by atoms with Gasteiger partial charge in [-0.2, -0.15) is 0 Å². The zero-order chi connectivity index (χ0) is 8.97. The summed E-state index contributed by atoms with van der Waals surface area (Å²) in [4.78, 5) is 0. The predicted octanol–water partition coefficient (Wildman–Crippen LogP) is 1.97. The smallest absolute Gasteiger partial charge is 0.261 e. The van der Waals surface area contributed by atoms with E-state index in [0.717, 1.165) is 11.3 Å². The summed E-state index contributed by atoms with van der Waals surface area (Å²) in [5.41, 5.74) is 0. The molecule has 3 nitrogen and oxygen atoms in total. The third-order valence-electron chi connectivity index (χ3n) is 0.912. The fourth-order valence-corrected chi connectivity index (χ4v) is 1.33. The highest BCUT2D eigenvalue weighted by Crippen LogP contribution is 2.15. The first-order valence-electron chi connectivity index (χ1n) is 3.02. The maximum atomic E-state index is 11.6. The summed E-state index contributed by atoms with van der Waals surface area (Å²) in [6, 6.07) is 0. The Morgan fingerprint density at radius 1 is 1.50 bits per heavy atom. The maximum absolute atomic E-state index is 11.6. The number of rotatable bonds is 4. The summed E-state index contributed by atoms with van der Waals surface area (Å²) in [6.07, 6.45) is -2.45. The molecule has 0 N–H and O–H groups in total. The normalized spacial score (nSPS) is 11.0. The lowest BCUT2D eigenvalue weighted by molar-refractivity contribution is 0.00968. The lowest BCUT2D eigenvalue weighted by Crippen LogP contribution is -2.03. The molecule has 0 saturated heterocycles. The van der Waals surface area contributed by atoms with Crippen molar-refractivity contribution in [3.8, 4) is 0 Å². The number of alkyl halides is 2. The van der Waals surface area contributed by atoms with Crippen LogP contribution in [0.4, 0.5) is 8.78 Å². The van der Waals surface area contributed by atoms with Crippen molar-refractivity contribution in [2.24, 2.45) is 0 Å². The Labute approximate surface area is 76.3 Å². The molecule has 0 unspecified atom stereocenters. The van der Waals surface area contributed by atoms with Gasteiger partial charge >= 0.3 is 0 Å². The van der Waals surface area contributed by atoms with Crippen molar-refractivity contribution in [3.05, 3.63) is 9.47 Å². The Morgan fingerprint density at radius 3 is 2.75 bits per heavy atom. The van der Waals surface area contributed by atoms with Crippen molar-refractivity contribution < 1.29 is 13.5 Å². The number of ether oxygens (including phenoxy) is 1. The van der Waals surface area contributed by atoms with Crippen LogP contribution >= 0.6 is 22.9 Å². The van der Waals surface area contributed by atoms with E-state index in [-0.39, 0.29) is 11.1 Å². The Morgan fingerprint density at radius 2 is 2.25 bits per heavy atom. The van der Waals surface area contributed by atoms with Crippen LogP contribution in [0, 0.1) is 0 Å². The monoisotopic (exact) mass is 214 g/mol. The third-order valence-corrected chi connectivity index (χ3v) is 1.90. The predicted molar refractivity (Wildman–Crippen MR) is 40.6 cm³/mol. The zero-order valence-electron chi connectivity index (χ0n) is 5.84. The molecule has 1 aromatic heterocycles. The minimum absolute atomic E-state index is 0.0364. The average molecular weight is 215 g/mol. The first-order valence-corrected chi connectivity index (χ1v) is 4.21. The molecule has 0 radical (unpaired) electrons. The van der Waals surface area contributed by atoms with Gasteiger partial charge in [-0.25, -0.2) is 8.78 Å². The maximum Gasteiger partial charge on any atom is 0.261 e. The number of aromatic nitrogens is 2. The van der Waals surface area contributed by atoms with Gasteiger partial charge in [-0.05, 0) is 11.6 Å². The SMILES string of the molecule is FC(F)COCc1nnc(Cl)s1. The molecule has 0 aromatic carbocycles. The van der Waals surface area contributed by atoms with Crippen LogP contribution in [-0.4, -0.2) is 23.2 Å². The minimum atomic E-state index is -2.45. The minimum Gasteiger partial charge on any atom is -0.368 e. The summed E-state index contributed by atoms with van der Waals surface area (Å²) in [5.74, 6) is 0. The van der Waals surface area contributed by atoms with Crippen LogP contribution in [0.25, 0.3) is 0 Å². The van der Waals surface area contributed by atoms with E-state index in [2.05, 4.69) is 14.9 Å². The second kappa shape index (κ2) is 4.64. The summed E-state index contributed by atoms with van der Waals surface area (Å²) in [7, 11) is 0. The lowest BCUT2D eigenvalue weighted by atomic mass is 10.7. The van der Waals surface area contributed by atoms with E-state index in [1.807, 2.05) is 0 Å². The molecule has 0 fully saturated rings. The van der Waals surface area contributed by atoms with Crippen molar-refractivity contribution in [2.75, 3.05) is 6.61 Å². The molecule has 1 aromatic rings. The van der Waals surface area contributed by atoms with Gasteiger partial charge in [0, 0.05) is 0 Å². The molecule has 0 bridgehead atoms. The van der Waals surface area contributed by atoms with Gasteiger partial charge in [0.05, 0.1) is 0 Å². The second-order valence-electron chi connectivity index (χ2n) is 1.85. The fourth-order valence-electron chi connectivity index (χ4n) is 0.527. The average Bonchev–Trinajstić information content (AvgIpc) is 2.35. The Balaban J connectivity index is 2.24. The van der Waals surface area contributed by atoms with Crippen LogP contribution in [-0.2, 0) is 11.3 Å². The molecule has 1 rings (SSSR count). The summed E-state index contributed by atoms with van der Waals surface area (Å²) >= 11 is 6.56. The number of hydrogen-bond donors (Lipinski definition) is 0. The first kappa shape index (κ1) is 9.76. The van der Waals surface area contributed by atoms with E-state index < -0.39 is 13.0 Å². The van der Waals surface area contributed by atoms with Gasteiger partial charge < -0.3 is 4.74 Å². The molecule has 68 valence electrons. The summed E-state index contributed by atoms with van der Waals surface area (Å²) in [5, 5.41) is 7.56. The van der Waals surface area contributed by atoms with Crippen LogP contribution < -0.4 is 0 Å². The van der Waals surface area contributed by atoms with E-state index in [0.29, 0.717) is 5.01 Å². The fraction of sp³-hybridized carbons (Fsp3) is 0.600. The topological polar surface area (TPSA) is 35.0 Å². The molecule has 1 heterocycles. The molecule has 12 heavy (non-hydrogen) atoms. The quantitative estimate of drug-likeness (QED) is 0.769. The summed E-state index contributed by atoms with van der Waals surface area (Å²) < 4.78 is 28.0. The van der Waals surface area contributed by atoms with Gasteiger partial charge in [-0.1, -0.05) is 11.3 Å². The third kappa shape index (κ3) is 3.38. The van der Waals surface area contributed by atoms with Gasteiger partial charge in [0.15, 0.2) is 0 Å².